The highest BCUT2D eigenvalue weighted by molar-refractivity contribution is 7.89. The summed E-state index contributed by atoms with van der Waals surface area (Å²) in [5.74, 6) is 0.212. The summed E-state index contributed by atoms with van der Waals surface area (Å²) in [6, 6.07) is 11.9. The third-order valence-electron chi connectivity index (χ3n) is 4.02. The van der Waals surface area contributed by atoms with Crippen molar-refractivity contribution in [2.24, 2.45) is 0 Å². The maximum atomic E-state index is 12.4. The number of nitrogen functional groups attached to an aromatic ring is 1. The zero-order valence-electron chi connectivity index (χ0n) is 15.4. The number of carbonyl (C=O) groups is 1. The summed E-state index contributed by atoms with van der Waals surface area (Å²) in [7, 11) is -0.593. The van der Waals surface area contributed by atoms with Crippen molar-refractivity contribution >= 4 is 38.1 Å². The van der Waals surface area contributed by atoms with Gasteiger partial charge in [-0.05, 0) is 47.0 Å². The first-order chi connectivity index (χ1) is 13.3. The monoisotopic (exact) mass is 416 g/mol. The second kappa shape index (κ2) is 8.09. The number of hydrogen-bond donors (Lipinski definition) is 2. The van der Waals surface area contributed by atoms with Gasteiger partial charge in [0.05, 0.1) is 16.3 Å². The van der Waals surface area contributed by atoms with E-state index in [1.54, 1.807) is 24.4 Å². The molecular weight excluding hydrogens is 396 g/mol. The number of anilines is 2. The minimum absolute atomic E-state index is 0.0756. The van der Waals surface area contributed by atoms with E-state index in [-0.39, 0.29) is 17.2 Å². The Kier molecular flexibility index (Phi) is 5.78. The van der Waals surface area contributed by atoms with Crippen LogP contribution in [0, 0.1) is 0 Å². The van der Waals surface area contributed by atoms with Gasteiger partial charge < -0.3 is 11.1 Å². The van der Waals surface area contributed by atoms with Crippen molar-refractivity contribution in [3.63, 3.8) is 0 Å². The summed E-state index contributed by atoms with van der Waals surface area (Å²) < 4.78 is 25.6. The number of rotatable bonds is 6. The molecule has 146 valence electrons. The summed E-state index contributed by atoms with van der Waals surface area (Å²) in [5, 5.41) is 5.48. The SMILES string of the molecule is CN(C)S(=O)(=O)c1cccc(CC(=O)Nc2cc(-c3ccnc(N)c3)cs2)c1. The van der Waals surface area contributed by atoms with Gasteiger partial charge >= 0.3 is 0 Å². The van der Waals surface area contributed by atoms with Crippen LogP contribution in [0.4, 0.5) is 10.8 Å². The standard InChI is InChI=1S/C19H20N4O3S2/c1-23(2)28(25,26)16-5-3-4-13(8-16)9-18(24)22-19-11-15(12-27-19)14-6-7-21-17(20)10-14/h3-8,10-12H,9H2,1-2H3,(H2,20,21)(H,22,24). The molecule has 2 heterocycles. The fraction of sp³-hybridized carbons (Fsp3) is 0.158. The van der Waals surface area contributed by atoms with Gasteiger partial charge in [0.15, 0.2) is 0 Å². The van der Waals surface area contributed by atoms with Crippen molar-refractivity contribution in [2.75, 3.05) is 25.1 Å². The van der Waals surface area contributed by atoms with Gasteiger partial charge in [-0.1, -0.05) is 12.1 Å². The lowest BCUT2D eigenvalue weighted by molar-refractivity contribution is -0.115. The number of sulfonamides is 1. The van der Waals surface area contributed by atoms with Gasteiger partial charge in [0.25, 0.3) is 0 Å². The van der Waals surface area contributed by atoms with Crippen molar-refractivity contribution in [3.8, 4) is 11.1 Å². The van der Waals surface area contributed by atoms with E-state index in [1.807, 2.05) is 17.5 Å². The van der Waals surface area contributed by atoms with Gasteiger partial charge in [0.2, 0.25) is 15.9 Å². The van der Waals surface area contributed by atoms with Crippen LogP contribution in [0.15, 0.2) is 58.9 Å². The molecule has 0 spiro atoms. The maximum Gasteiger partial charge on any atom is 0.242 e. The molecule has 0 saturated carbocycles. The van der Waals surface area contributed by atoms with Gasteiger partial charge in [-0.25, -0.2) is 17.7 Å². The molecule has 0 radical (unpaired) electrons. The van der Waals surface area contributed by atoms with E-state index in [2.05, 4.69) is 10.3 Å². The quantitative estimate of drug-likeness (QED) is 0.643. The molecule has 2 aromatic heterocycles. The number of amides is 1. The molecule has 0 aliphatic carbocycles. The molecular formula is C19H20N4O3S2. The Morgan fingerprint density at radius 1 is 1.18 bits per heavy atom. The molecule has 0 atom stereocenters. The highest BCUT2D eigenvalue weighted by atomic mass is 32.2. The normalized spacial score (nSPS) is 11.5. The zero-order chi connectivity index (χ0) is 20.3. The van der Waals surface area contributed by atoms with Crippen LogP contribution < -0.4 is 11.1 Å². The molecule has 9 heteroatoms. The van der Waals surface area contributed by atoms with E-state index in [4.69, 9.17) is 5.73 Å². The maximum absolute atomic E-state index is 12.4. The minimum atomic E-state index is -3.54. The molecule has 28 heavy (non-hydrogen) atoms. The summed E-state index contributed by atoms with van der Waals surface area (Å²) in [6.45, 7) is 0. The molecule has 3 aromatic rings. The Morgan fingerprint density at radius 3 is 2.68 bits per heavy atom. The van der Waals surface area contributed by atoms with Crippen LogP contribution in [0.3, 0.4) is 0 Å². The van der Waals surface area contributed by atoms with Gasteiger partial charge in [0.1, 0.15) is 5.82 Å². The molecule has 0 unspecified atom stereocenters. The van der Waals surface area contributed by atoms with E-state index in [9.17, 15) is 13.2 Å². The number of nitrogens with two attached hydrogens (primary N) is 1. The Bertz CT molecular complexity index is 1110. The van der Waals surface area contributed by atoms with Crippen LogP contribution in [0.2, 0.25) is 0 Å². The Labute approximate surface area is 167 Å². The third-order valence-corrected chi connectivity index (χ3v) is 6.67. The van der Waals surface area contributed by atoms with Gasteiger partial charge in [-0.15, -0.1) is 11.3 Å². The molecule has 0 aliphatic rings. The minimum Gasteiger partial charge on any atom is -0.384 e. The molecule has 3 rings (SSSR count). The van der Waals surface area contributed by atoms with Gasteiger partial charge in [-0.2, -0.15) is 0 Å². The van der Waals surface area contributed by atoms with Crippen LogP contribution in [0.1, 0.15) is 5.56 Å². The number of hydrogen-bond acceptors (Lipinski definition) is 6. The number of nitrogens with zero attached hydrogens (tertiary/aromatic N) is 2. The van der Waals surface area contributed by atoms with E-state index in [0.29, 0.717) is 16.4 Å². The number of aromatic nitrogens is 1. The lowest BCUT2D eigenvalue weighted by Crippen LogP contribution is -2.22. The highest BCUT2D eigenvalue weighted by Gasteiger charge is 2.18. The molecule has 1 aromatic carbocycles. The van der Waals surface area contributed by atoms with Gasteiger partial charge in [-0.3, -0.25) is 4.79 Å². The summed E-state index contributed by atoms with van der Waals surface area (Å²) in [5.41, 5.74) is 8.19. The Morgan fingerprint density at radius 2 is 1.96 bits per heavy atom. The van der Waals surface area contributed by atoms with Gasteiger partial charge in [0, 0.05) is 25.7 Å². The first kappa shape index (κ1) is 20.0. The predicted molar refractivity (Wildman–Crippen MR) is 112 cm³/mol. The zero-order valence-corrected chi connectivity index (χ0v) is 17.0. The van der Waals surface area contributed by atoms with E-state index < -0.39 is 10.0 Å². The number of benzene rings is 1. The van der Waals surface area contributed by atoms with Crippen LogP contribution in [-0.2, 0) is 21.2 Å². The highest BCUT2D eigenvalue weighted by Crippen LogP contribution is 2.29. The average molecular weight is 417 g/mol. The molecule has 7 nitrogen and oxygen atoms in total. The molecule has 0 fully saturated rings. The van der Waals surface area contributed by atoms with Crippen LogP contribution in [0.5, 0.6) is 0 Å². The van der Waals surface area contributed by atoms with Crippen LogP contribution >= 0.6 is 11.3 Å². The average Bonchev–Trinajstić information content (AvgIpc) is 3.10. The molecule has 1 amide bonds. The second-order valence-electron chi connectivity index (χ2n) is 6.33. The predicted octanol–water partition coefficient (Wildman–Crippen LogP) is 2.82. The lowest BCUT2D eigenvalue weighted by atomic mass is 10.1. The lowest BCUT2D eigenvalue weighted by Gasteiger charge is -2.12. The Balaban J connectivity index is 1.70. The van der Waals surface area contributed by atoms with Crippen LogP contribution in [0.25, 0.3) is 11.1 Å². The van der Waals surface area contributed by atoms with E-state index in [0.717, 1.165) is 15.4 Å². The third kappa shape index (κ3) is 4.56. The first-order valence-corrected chi connectivity index (χ1v) is 10.7. The number of carbonyl (C=O) groups excluding carboxylic acids is 1. The smallest absolute Gasteiger partial charge is 0.242 e. The Hall–Kier alpha value is -2.75. The van der Waals surface area contributed by atoms with Crippen molar-refractivity contribution in [1.82, 2.24) is 9.29 Å². The van der Waals surface area contributed by atoms with Crippen molar-refractivity contribution in [1.29, 1.82) is 0 Å². The van der Waals surface area contributed by atoms with E-state index >= 15 is 0 Å². The molecule has 0 aliphatic heterocycles. The summed E-state index contributed by atoms with van der Waals surface area (Å²) in [4.78, 5) is 16.5. The number of nitrogens with one attached hydrogen (secondary N) is 1. The number of pyridine rings is 1. The fourth-order valence-corrected chi connectivity index (χ4v) is 4.37. The molecule has 0 saturated heterocycles. The van der Waals surface area contributed by atoms with Crippen molar-refractivity contribution in [3.05, 3.63) is 59.6 Å². The first-order valence-electron chi connectivity index (χ1n) is 8.37. The summed E-state index contributed by atoms with van der Waals surface area (Å²) >= 11 is 1.40. The van der Waals surface area contributed by atoms with Crippen LogP contribution in [-0.4, -0.2) is 37.7 Å². The molecule has 0 bridgehead atoms. The van der Waals surface area contributed by atoms with Crippen molar-refractivity contribution < 1.29 is 13.2 Å². The topological polar surface area (TPSA) is 105 Å². The second-order valence-corrected chi connectivity index (χ2v) is 9.39. The number of thiophene rings is 1. The summed E-state index contributed by atoms with van der Waals surface area (Å²) in [6.07, 6.45) is 1.71. The molecule has 3 N–H and O–H groups in total. The largest absolute Gasteiger partial charge is 0.384 e. The fourth-order valence-electron chi connectivity index (χ4n) is 2.57. The van der Waals surface area contributed by atoms with Crippen molar-refractivity contribution in [2.45, 2.75) is 11.3 Å². The van der Waals surface area contributed by atoms with E-state index in [1.165, 1.54) is 37.6 Å².